The van der Waals surface area contributed by atoms with E-state index in [4.69, 9.17) is 0 Å². The Hall–Kier alpha value is -1.23. The van der Waals surface area contributed by atoms with Crippen molar-refractivity contribution in [3.05, 3.63) is 29.8 Å². The van der Waals surface area contributed by atoms with Crippen molar-refractivity contribution >= 4 is 0 Å². The molecule has 5 heteroatoms. The largest absolute Gasteiger partial charge is 0.573 e. The van der Waals surface area contributed by atoms with Crippen molar-refractivity contribution in [2.24, 2.45) is 5.92 Å². The molecule has 0 aliphatic heterocycles. The summed E-state index contributed by atoms with van der Waals surface area (Å²) in [5.41, 5.74) is 0.677. The summed E-state index contributed by atoms with van der Waals surface area (Å²) in [4.78, 5) is 0. The Morgan fingerprint density at radius 1 is 1.24 bits per heavy atom. The topological polar surface area (TPSA) is 21.3 Å². The van der Waals surface area contributed by atoms with Gasteiger partial charge in [-0.05, 0) is 42.9 Å². The molecule has 1 aromatic rings. The molecule has 0 bridgehead atoms. The van der Waals surface area contributed by atoms with Crippen LogP contribution in [0, 0.1) is 5.92 Å². The Bertz CT molecular complexity index is 461. The van der Waals surface area contributed by atoms with Crippen molar-refractivity contribution in [1.29, 1.82) is 0 Å². The molecule has 1 aliphatic carbocycles. The van der Waals surface area contributed by atoms with Crippen molar-refractivity contribution in [2.45, 2.75) is 51.4 Å². The third kappa shape index (κ3) is 3.90. The lowest BCUT2D eigenvalue weighted by molar-refractivity contribution is -0.275. The first-order valence-corrected chi connectivity index (χ1v) is 7.54. The molecule has 118 valence electrons. The summed E-state index contributed by atoms with van der Waals surface area (Å²) in [6.07, 6.45) is -1.75. The molecule has 1 fully saturated rings. The molecular weight excluding hydrogens is 279 g/mol. The summed E-state index contributed by atoms with van der Waals surface area (Å²) in [6.45, 7) is 5.15. The molecule has 2 nitrogen and oxygen atoms in total. The monoisotopic (exact) mass is 301 g/mol. The van der Waals surface area contributed by atoms with Crippen LogP contribution < -0.4 is 10.1 Å². The van der Waals surface area contributed by atoms with E-state index in [1.165, 1.54) is 6.07 Å². The fraction of sp³-hybridized carbons (Fsp3) is 0.625. The number of halogens is 3. The smallest absolute Gasteiger partial charge is 0.405 e. The molecular formula is C16H22F3NO. The number of alkyl halides is 3. The second kappa shape index (κ2) is 6.69. The van der Waals surface area contributed by atoms with Crippen LogP contribution in [-0.4, -0.2) is 18.9 Å². The number of nitrogens with one attached hydrogen (secondary N) is 1. The highest BCUT2D eigenvalue weighted by Gasteiger charge is 2.42. The van der Waals surface area contributed by atoms with E-state index in [1.807, 2.05) is 0 Å². The number of hydrogen-bond donors (Lipinski definition) is 1. The highest BCUT2D eigenvalue weighted by atomic mass is 19.4. The SMILES string of the molecule is CCCNC1CC(c2ccccc2OC(F)(F)F)C1CC. The summed E-state index contributed by atoms with van der Waals surface area (Å²) in [6, 6.07) is 6.92. The number of ether oxygens (including phenoxy) is 1. The van der Waals surface area contributed by atoms with Gasteiger partial charge >= 0.3 is 6.36 Å². The van der Waals surface area contributed by atoms with Crippen molar-refractivity contribution in [2.75, 3.05) is 6.54 Å². The van der Waals surface area contributed by atoms with Gasteiger partial charge in [0.25, 0.3) is 0 Å². The Morgan fingerprint density at radius 3 is 2.57 bits per heavy atom. The molecule has 0 spiro atoms. The molecule has 2 rings (SSSR count). The number of benzene rings is 1. The first-order chi connectivity index (χ1) is 9.96. The normalized spacial score (nSPS) is 25.5. The van der Waals surface area contributed by atoms with Gasteiger partial charge in [0.05, 0.1) is 0 Å². The van der Waals surface area contributed by atoms with Gasteiger partial charge in [0.2, 0.25) is 0 Å². The molecule has 0 amide bonds. The van der Waals surface area contributed by atoms with E-state index < -0.39 is 6.36 Å². The highest BCUT2D eigenvalue weighted by Crippen LogP contribution is 2.48. The molecule has 3 atom stereocenters. The van der Waals surface area contributed by atoms with Crippen LogP contribution in [0.1, 0.15) is 44.6 Å². The predicted molar refractivity (Wildman–Crippen MR) is 76.3 cm³/mol. The van der Waals surface area contributed by atoms with E-state index in [9.17, 15) is 13.2 Å². The first kappa shape index (κ1) is 16.1. The molecule has 0 heterocycles. The summed E-state index contributed by atoms with van der Waals surface area (Å²) in [5.74, 6) is 0.458. The van der Waals surface area contributed by atoms with E-state index in [-0.39, 0.29) is 11.7 Å². The van der Waals surface area contributed by atoms with Gasteiger partial charge in [0.15, 0.2) is 0 Å². The van der Waals surface area contributed by atoms with E-state index in [0.29, 0.717) is 17.5 Å². The maximum atomic E-state index is 12.5. The predicted octanol–water partition coefficient (Wildman–Crippen LogP) is 4.47. The minimum absolute atomic E-state index is 0.0533. The van der Waals surface area contributed by atoms with Gasteiger partial charge in [0.1, 0.15) is 5.75 Å². The Morgan fingerprint density at radius 2 is 1.95 bits per heavy atom. The van der Waals surface area contributed by atoms with Crippen molar-refractivity contribution in [3.63, 3.8) is 0 Å². The zero-order valence-corrected chi connectivity index (χ0v) is 12.4. The van der Waals surface area contributed by atoms with Crippen molar-refractivity contribution in [3.8, 4) is 5.75 Å². The van der Waals surface area contributed by atoms with Crippen LogP contribution >= 0.6 is 0 Å². The van der Waals surface area contributed by atoms with Crippen LogP contribution in [0.25, 0.3) is 0 Å². The molecule has 1 aromatic carbocycles. The molecule has 21 heavy (non-hydrogen) atoms. The molecule has 0 radical (unpaired) electrons. The summed E-state index contributed by atoms with van der Waals surface area (Å²) in [5, 5.41) is 3.47. The highest BCUT2D eigenvalue weighted by molar-refractivity contribution is 5.39. The van der Waals surface area contributed by atoms with E-state index in [1.54, 1.807) is 18.2 Å². The lowest BCUT2D eigenvalue weighted by Crippen LogP contribution is -2.49. The second-order valence-electron chi connectivity index (χ2n) is 5.56. The third-order valence-corrected chi connectivity index (χ3v) is 4.21. The molecule has 1 aliphatic rings. The standard InChI is InChI=1S/C16H22F3NO/c1-3-9-20-14-10-13(11(14)4-2)12-7-5-6-8-15(12)21-16(17,18)19/h5-8,11,13-14,20H,3-4,9-10H2,1-2H3. The number of para-hydroxylation sites is 1. The fourth-order valence-electron chi connectivity index (χ4n) is 3.20. The number of hydrogen-bond acceptors (Lipinski definition) is 2. The molecule has 1 N–H and O–H groups in total. The van der Waals surface area contributed by atoms with Gasteiger partial charge in [-0.3, -0.25) is 0 Å². The maximum absolute atomic E-state index is 12.5. The minimum Gasteiger partial charge on any atom is -0.405 e. The lowest BCUT2D eigenvalue weighted by atomic mass is 9.64. The van der Waals surface area contributed by atoms with Crippen molar-refractivity contribution < 1.29 is 17.9 Å². The molecule has 0 aromatic heterocycles. The van der Waals surface area contributed by atoms with Crippen LogP contribution in [-0.2, 0) is 0 Å². The summed E-state index contributed by atoms with van der Waals surface area (Å²) < 4.78 is 41.7. The molecule has 3 unspecified atom stereocenters. The van der Waals surface area contributed by atoms with Crippen LogP contribution in [0.2, 0.25) is 0 Å². The average Bonchev–Trinajstić information content (AvgIpc) is 2.38. The van der Waals surface area contributed by atoms with Gasteiger partial charge in [-0.2, -0.15) is 0 Å². The first-order valence-electron chi connectivity index (χ1n) is 7.54. The van der Waals surface area contributed by atoms with E-state index in [0.717, 1.165) is 25.8 Å². The Kier molecular flexibility index (Phi) is 5.14. The van der Waals surface area contributed by atoms with Gasteiger partial charge in [0, 0.05) is 6.04 Å². The molecule has 1 saturated carbocycles. The van der Waals surface area contributed by atoms with Gasteiger partial charge in [-0.25, -0.2) is 0 Å². The van der Waals surface area contributed by atoms with Crippen LogP contribution in [0.5, 0.6) is 5.75 Å². The zero-order valence-electron chi connectivity index (χ0n) is 12.4. The second-order valence-corrected chi connectivity index (χ2v) is 5.56. The maximum Gasteiger partial charge on any atom is 0.573 e. The zero-order chi connectivity index (χ0) is 15.5. The van der Waals surface area contributed by atoms with E-state index >= 15 is 0 Å². The van der Waals surface area contributed by atoms with Crippen LogP contribution in [0.4, 0.5) is 13.2 Å². The van der Waals surface area contributed by atoms with Gasteiger partial charge in [-0.15, -0.1) is 13.2 Å². The average molecular weight is 301 g/mol. The van der Waals surface area contributed by atoms with Crippen LogP contribution in [0.3, 0.4) is 0 Å². The summed E-state index contributed by atoms with van der Waals surface area (Å²) >= 11 is 0. The van der Waals surface area contributed by atoms with Gasteiger partial charge in [-0.1, -0.05) is 38.5 Å². The summed E-state index contributed by atoms with van der Waals surface area (Å²) in [7, 11) is 0. The Labute approximate surface area is 123 Å². The third-order valence-electron chi connectivity index (χ3n) is 4.21. The lowest BCUT2D eigenvalue weighted by Gasteiger charge is -2.46. The fourth-order valence-corrected chi connectivity index (χ4v) is 3.20. The van der Waals surface area contributed by atoms with E-state index in [2.05, 4.69) is 23.9 Å². The minimum atomic E-state index is -4.64. The molecule has 0 saturated heterocycles. The number of rotatable bonds is 6. The van der Waals surface area contributed by atoms with Crippen LogP contribution in [0.15, 0.2) is 24.3 Å². The van der Waals surface area contributed by atoms with Crippen molar-refractivity contribution in [1.82, 2.24) is 5.32 Å². The van der Waals surface area contributed by atoms with Gasteiger partial charge < -0.3 is 10.1 Å². The quantitative estimate of drug-likeness (QED) is 0.837. The Balaban J connectivity index is 2.12.